The predicted octanol–water partition coefficient (Wildman–Crippen LogP) is 3.57. The number of nitrogens with two attached hydrogens (primary N) is 1. The van der Waals surface area contributed by atoms with Gasteiger partial charge in [0.1, 0.15) is 0 Å². The Morgan fingerprint density at radius 1 is 1.07 bits per heavy atom. The summed E-state index contributed by atoms with van der Waals surface area (Å²) in [7, 11) is 0. The molecule has 2 aliphatic rings. The van der Waals surface area contributed by atoms with E-state index in [0.29, 0.717) is 11.8 Å². The van der Waals surface area contributed by atoms with E-state index in [2.05, 4.69) is 4.85 Å². The van der Waals surface area contributed by atoms with Crippen molar-refractivity contribution in [3.05, 3.63) is 34.7 Å². The molecule has 2 nitrogen and oxygen atoms in total. The van der Waals surface area contributed by atoms with Crippen LogP contribution in [0.5, 0.6) is 0 Å². The first-order valence-corrected chi connectivity index (χ1v) is 5.60. The highest BCUT2D eigenvalue weighted by atomic mass is 14.7. The first kappa shape index (κ1) is 8.79. The molecule has 0 saturated heterocycles. The number of nitrogen functional groups attached to an aromatic ring is 1. The third-order valence-corrected chi connectivity index (χ3v) is 3.39. The third kappa shape index (κ3) is 1.48. The maximum Gasteiger partial charge on any atom is 0.187 e. The van der Waals surface area contributed by atoms with Crippen LogP contribution in [-0.2, 0) is 0 Å². The Balaban J connectivity index is 2.12. The SMILES string of the molecule is [C-]#[N+]c1cc(C2CC2)c(N)c(C2CC2)c1. The van der Waals surface area contributed by atoms with Gasteiger partial charge in [-0.15, -0.1) is 0 Å². The molecular formula is C13H14N2. The van der Waals surface area contributed by atoms with Gasteiger partial charge in [0.05, 0.1) is 6.57 Å². The summed E-state index contributed by atoms with van der Waals surface area (Å²) in [5, 5.41) is 0. The van der Waals surface area contributed by atoms with Crippen molar-refractivity contribution >= 4 is 11.4 Å². The van der Waals surface area contributed by atoms with Crippen LogP contribution in [0.4, 0.5) is 11.4 Å². The van der Waals surface area contributed by atoms with Gasteiger partial charge in [-0.1, -0.05) is 12.1 Å². The van der Waals surface area contributed by atoms with Crippen LogP contribution in [0.15, 0.2) is 12.1 Å². The van der Waals surface area contributed by atoms with Crippen molar-refractivity contribution in [2.75, 3.05) is 5.73 Å². The molecule has 0 bridgehead atoms. The summed E-state index contributed by atoms with van der Waals surface area (Å²) in [4.78, 5) is 3.55. The lowest BCUT2D eigenvalue weighted by molar-refractivity contribution is 1.08. The number of rotatable bonds is 2. The van der Waals surface area contributed by atoms with E-state index in [1.807, 2.05) is 12.1 Å². The fourth-order valence-electron chi connectivity index (χ4n) is 2.21. The van der Waals surface area contributed by atoms with Gasteiger partial charge < -0.3 is 5.73 Å². The second-order valence-electron chi connectivity index (χ2n) is 4.70. The van der Waals surface area contributed by atoms with Gasteiger partial charge in [-0.05, 0) is 48.6 Å². The van der Waals surface area contributed by atoms with Crippen LogP contribution in [0.2, 0.25) is 0 Å². The molecule has 0 spiro atoms. The largest absolute Gasteiger partial charge is 0.398 e. The summed E-state index contributed by atoms with van der Waals surface area (Å²) in [6.45, 7) is 7.11. The van der Waals surface area contributed by atoms with E-state index in [1.165, 1.54) is 36.8 Å². The lowest BCUT2D eigenvalue weighted by Crippen LogP contribution is -1.97. The Kier molecular flexibility index (Phi) is 1.76. The van der Waals surface area contributed by atoms with E-state index in [4.69, 9.17) is 12.3 Å². The van der Waals surface area contributed by atoms with Gasteiger partial charge >= 0.3 is 0 Å². The molecule has 0 atom stereocenters. The van der Waals surface area contributed by atoms with Crippen LogP contribution in [0.3, 0.4) is 0 Å². The Bertz CT molecular complexity index is 415. The molecule has 2 saturated carbocycles. The van der Waals surface area contributed by atoms with E-state index < -0.39 is 0 Å². The third-order valence-electron chi connectivity index (χ3n) is 3.39. The average molecular weight is 198 g/mol. The second-order valence-corrected chi connectivity index (χ2v) is 4.70. The maximum atomic E-state index is 7.11. The molecule has 0 aromatic heterocycles. The molecule has 3 rings (SSSR count). The molecule has 2 fully saturated rings. The Labute approximate surface area is 89.9 Å². The van der Waals surface area contributed by atoms with E-state index in [-0.39, 0.29) is 0 Å². The topological polar surface area (TPSA) is 30.4 Å². The number of hydrogen-bond acceptors (Lipinski definition) is 1. The van der Waals surface area contributed by atoms with Crippen molar-refractivity contribution < 1.29 is 0 Å². The van der Waals surface area contributed by atoms with Crippen LogP contribution in [0, 0.1) is 6.57 Å². The van der Waals surface area contributed by atoms with Crippen LogP contribution in [0.25, 0.3) is 4.85 Å². The number of benzene rings is 1. The Morgan fingerprint density at radius 3 is 1.87 bits per heavy atom. The molecular weight excluding hydrogens is 184 g/mol. The molecule has 0 amide bonds. The zero-order valence-electron chi connectivity index (χ0n) is 8.66. The van der Waals surface area contributed by atoms with E-state index in [9.17, 15) is 0 Å². The predicted molar refractivity (Wildman–Crippen MR) is 61.1 cm³/mol. The van der Waals surface area contributed by atoms with Gasteiger partial charge in [0, 0.05) is 5.69 Å². The Hall–Kier alpha value is -1.49. The first-order chi connectivity index (χ1) is 7.29. The van der Waals surface area contributed by atoms with Crippen molar-refractivity contribution in [3.8, 4) is 0 Å². The number of nitrogens with zero attached hydrogens (tertiary/aromatic N) is 1. The molecule has 76 valence electrons. The van der Waals surface area contributed by atoms with Gasteiger partial charge in [0.25, 0.3) is 0 Å². The number of anilines is 1. The van der Waals surface area contributed by atoms with Crippen molar-refractivity contribution in [1.29, 1.82) is 0 Å². The van der Waals surface area contributed by atoms with Gasteiger partial charge in [-0.3, -0.25) is 0 Å². The Morgan fingerprint density at radius 2 is 1.53 bits per heavy atom. The summed E-state index contributed by atoms with van der Waals surface area (Å²) < 4.78 is 0. The molecule has 2 N–H and O–H groups in total. The molecule has 15 heavy (non-hydrogen) atoms. The smallest absolute Gasteiger partial charge is 0.187 e. The molecule has 1 aromatic carbocycles. The monoisotopic (exact) mass is 198 g/mol. The minimum atomic E-state index is 0.643. The molecule has 0 heterocycles. The fraction of sp³-hybridized carbons (Fsp3) is 0.462. The lowest BCUT2D eigenvalue weighted by atomic mass is 9.99. The van der Waals surface area contributed by atoms with Gasteiger partial charge in [0.2, 0.25) is 0 Å². The first-order valence-electron chi connectivity index (χ1n) is 5.60. The second kappa shape index (κ2) is 3.00. The maximum absolute atomic E-state index is 7.11. The summed E-state index contributed by atoms with van der Waals surface area (Å²) in [6.07, 6.45) is 4.98. The zero-order chi connectivity index (χ0) is 10.4. The van der Waals surface area contributed by atoms with Crippen LogP contribution < -0.4 is 5.73 Å². The van der Waals surface area contributed by atoms with Crippen molar-refractivity contribution in [1.82, 2.24) is 0 Å². The average Bonchev–Trinajstić information content (AvgIpc) is 3.10. The van der Waals surface area contributed by atoms with Crippen LogP contribution >= 0.6 is 0 Å². The van der Waals surface area contributed by atoms with Crippen LogP contribution in [-0.4, -0.2) is 0 Å². The van der Waals surface area contributed by atoms with Crippen LogP contribution in [0.1, 0.15) is 48.6 Å². The standard InChI is InChI=1S/C13H14N2/c1-15-10-6-11(8-2-3-8)13(14)12(7-10)9-4-5-9/h6-9H,2-5,14H2. The molecule has 0 radical (unpaired) electrons. The summed E-state index contributed by atoms with van der Waals surface area (Å²) >= 11 is 0. The highest BCUT2D eigenvalue weighted by Crippen LogP contribution is 2.50. The zero-order valence-corrected chi connectivity index (χ0v) is 8.66. The van der Waals surface area contributed by atoms with E-state index >= 15 is 0 Å². The molecule has 2 aliphatic carbocycles. The highest BCUT2D eigenvalue weighted by molar-refractivity contribution is 5.66. The lowest BCUT2D eigenvalue weighted by Gasteiger charge is -2.11. The van der Waals surface area contributed by atoms with Crippen molar-refractivity contribution in [2.24, 2.45) is 0 Å². The van der Waals surface area contributed by atoms with E-state index in [1.54, 1.807) is 0 Å². The molecule has 2 heteroatoms. The molecule has 0 aliphatic heterocycles. The minimum absolute atomic E-state index is 0.643. The minimum Gasteiger partial charge on any atom is -0.398 e. The van der Waals surface area contributed by atoms with Gasteiger partial charge in [-0.2, -0.15) is 0 Å². The van der Waals surface area contributed by atoms with Crippen molar-refractivity contribution in [3.63, 3.8) is 0 Å². The summed E-state index contributed by atoms with van der Waals surface area (Å²) in [5.41, 5.74) is 10.4. The summed E-state index contributed by atoms with van der Waals surface area (Å²) in [6, 6.07) is 3.98. The van der Waals surface area contributed by atoms with Gasteiger partial charge in [0.15, 0.2) is 5.69 Å². The molecule has 1 aromatic rings. The summed E-state index contributed by atoms with van der Waals surface area (Å²) in [5.74, 6) is 1.29. The quantitative estimate of drug-likeness (QED) is 0.571. The fourth-order valence-corrected chi connectivity index (χ4v) is 2.21. The number of hydrogen-bond donors (Lipinski definition) is 1. The van der Waals surface area contributed by atoms with Gasteiger partial charge in [-0.25, -0.2) is 4.85 Å². The van der Waals surface area contributed by atoms with E-state index in [0.717, 1.165) is 11.4 Å². The van der Waals surface area contributed by atoms with Crippen molar-refractivity contribution in [2.45, 2.75) is 37.5 Å². The highest BCUT2D eigenvalue weighted by Gasteiger charge is 2.31. The normalized spacial score (nSPS) is 19.9. The molecule has 0 unspecified atom stereocenters.